The van der Waals surface area contributed by atoms with Crippen LogP contribution in [-0.2, 0) is 11.3 Å². The van der Waals surface area contributed by atoms with Crippen LogP contribution < -0.4 is 4.57 Å². The SMILES string of the molecule is CCCCCCCCCCC(C[n+]1ccccc1)C(=O)O. The van der Waals surface area contributed by atoms with Crippen molar-refractivity contribution >= 4 is 5.97 Å². The lowest BCUT2D eigenvalue weighted by Gasteiger charge is -2.09. The van der Waals surface area contributed by atoms with E-state index in [1.165, 1.54) is 38.5 Å². The molecule has 0 saturated heterocycles. The second-order valence-corrected chi connectivity index (χ2v) is 5.87. The second kappa shape index (κ2) is 11.3. The highest BCUT2D eigenvalue weighted by atomic mass is 16.4. The molecule has 3 heteroatoms. The quantitative estimate of drug-likeness (QED) is 0.463. The van der Waals surface area contributed by atoms with Gasteiger partial charge in [0.25, 0.3) is 0 Å². The highest BCUT2D eigenvalue weighted by Gasteiger charge is 2.21. The van der Waals surface area contributed by atoms with Crippen LogP contribution in [0.5, 0.6) is 0 Å². The lowest BCUT2D eigenvalue weighted by Crippen LogP contribution is -2.39. The monoisotopic (exact) mass is 292 g/mol. The maximum atomic E-state index is 11.3. The molecule has 0 saturated carbocycles. The predicted octanol–water partition coefficient (Wildman–Crippen LogP) is 4.21. The summed E-state index contributed by atoms with van der Waals surface area (Å²) in [6, 6.07) is 5.83. The highest BCUT2D eigenvalue weighted by Crippen LogP contribution is 2.14. The van der Waals surface area contributed by atoms with E-state index in [-0.39, 0.29) is 5.92 Å². The Morgan fingerprint density at radius 1 is 0.952 bits per heavy atom. The van der Waals surface area contributed by atoms with Crippen LogP contribution in [0, 0.1) is 5.92 Å². The van der Waals surface area contributed by atoms with E-state index in [0.717, 1.165) is 19.3 Å². The minimum atomic E-state index is -0.672. The van der Waals surface area contributed by atoms with Gasteiger partial charge >= 0.3 is 5.97 Å². The van der Waals surface area contributed by atoms with Crippen molar-refractivity contribution in [1.29, 1.82) is 0 Å². The molecule has 0 aromatic carbocycles. The summed E-state index contributed by atoms with van der Waals surface area (Å²) in [5.41, 5.74) is 0. The number of unbranched alkanes of at least 4 members (excludes halogenated alkanes) is 7. The molecule has 0 aliphatic carbocycles. The number of hydrogen-bond donors (Lipinski definition) is 1. The molecular formula is C18H30NO2+. The zero-order valence-corrected chi connectivity index (χ0v) is 13.3. The van der Waals surface area contributed by atoms with Gasteiger partial charge in [0, 0.05) is 12.1 Å². The average molecular weight is 292 g/mol. The van der Waals surface area contributed by atoms with Gasteiger partial charge in [-0.1, -0.05) is 64.4 Å². The standard InChI is InChI=1S/C18H29NO2/c1-2-3-4-5-6-7-8-10-13-17(18(20)21)16-19-14-11-9-12-15-19/h9,11-12,14-15,17H,2-8,10,13,16H2,1H3/p+1. The molecule has 0 amide bonds. The van der Waals surface area contributed by atoms with Gasteiger partial charge in [0.1, 0.15) is 5.92 Å². The van der Waals surface area contributed by atoms with Crippen molar-refractivity contribution in [2.45, 2.75) is 71.3 Å². The van der Waals surface area contributed by atoms with Crippen molar-refractivity contribution in [3.63, 3.8) is 0 Å². The molecule has 3 nitrogen and oxygen atoms in total. The van der Waals surface area contributed by atoms with Gasteiger partial charge in [0.15, 0.2) is 18.9 Å². The highest BCUT2D eigenvalue weighted by molar-refractivity contribution is 5.69. The minimum Gasteiger partial charge on any atom is -0.481 e. The Bertz CT molecular complexity index is 378. The smallest absolute Gasteiger partial charge is 0.312 e. The van der Waals surface area contributed by atoms with Gasteiger partial charge in [-0.15, -0.1) is 0 Å². The largest absolute Gasteiger partial charge is 0.481 e. The number of nitrogens with zero attached hydrogens (tertiary/aromatic N) is 1. The molecule has 0 bridgehead atoms. The summed E-state index contributed by atoms with van der Waals surface area (Å²) in [5.74, 6) is -0.938. The van der Waals surface area contributed by atoms with Crippen molar-refractivity contribution < 1.29 is 14.5 Å². The van der Waals surface area contributed by atoms with Gasteiger partial charge in [-0.05, 0) is 6.42 Å². The molecule has 21 heavy (non-hydrogen) atoms. The summed E-state index contributed by atoms with van der Waals surface area (Å²) in [4.78, 5) is 11.3. The van der Waals surface area contributed by atoms with Crippen molar-refractivity contribution in [2.24, 2.45) is 5.92 Å². The molecule has 1 aromatic heterocycles. The number of pyridine rings is 1. The third kappa shape index (κ3) is 8.49. The zero-order chi connectivity index (χ0) is 15.3. The first-order chi connectivity index (χ1) is 10.2. The minimum absolute atomic E-state index is 0.266. The Morgan fingerprint density at radius 3 is 2.10 bits per heavy atom. The molecule has 0 radical (unpaired) electrons. The van der Waals surface area contributed by atoms with Gasteiger partial charge in [0.2, 0.25) is 0 Å². The number of carboxylic acids is 1. The van der Waals surface area contributed by atoms with Gasteiger partial charge in [-0.25, -0.2) is 4.57 Å². The lowest BCUT2D eigenvalue weighted by atomic mass is 10.00. The van der Waals surface area contributed by atoms with E-state index in [9.17, 15) is 9.90 Å². The van der Waals surface area contributed by atoms with Gasteiger partial charge in [-0.2, -0.15) is 0 Å². The van der Waals surface area contributed by atoms with Crippen LogP contribution >= 0.6 is 0 Å². The molecule has 1 rings (SSSR count). The Labute approximate surface area is 129 Å². The van der Waals surface area contributed by atoms with E-state index in [1.54, 1.807) is 0 Å². The molecule has 0 aliphatic heterocycles. The fourth-order valence-corrected chi connectivity index (χ4v) is 2.63. The third-order valence-electron chi connectivity index (χ3n) is 3.96. The lowest BCUT2D eigenvalue weighted by molar-refractivity contribution is -0.701. The predicted molar refractivity (Wildman–Crippen MR) is 85.0 cm³/mol. The number of aromatic nitrogens is 1. The molecule has 1 heterocycles. The molecule has 1 N–H and O–H groups in total. The normalized spacial score (nSPS) is 12.2. The van der Waals surface area contributed by atoms with Crippen molar-refractivity contribution in [3.05, 3.63) is 30.6 Å². The Hall–Kier alpha value is -1.38. The summed E-state index contributed by atoms with van der Waals surface area (Å²) in [7, 11) is 0. The van der Waals surface area contributed by atoms with E-state index in [2.05, 4.69) is 6.92 Å². The summed E-state index contributed by atoms with van der Waals surface area (Å²) >= 11 is 0. The topological polar surface area (TPSA) is 41.2 Å². The fraction of sp³-hybridized carbons (Fsp3) is 0.667. The van der Waals surface area contributed by atoms with Crippen LogP contribution in [0.4, 0.5) is 0 Å². The van der Waals surface area contributed by atoms with Crippen molar-refractivity contribution in [3.8, 4) is 0 Å². The van der Waals surface area contributed by atoms with E-state index in [1.807, 2.05) is 35.2 Å². The van der Waals surface area contributed by atoms with Crippen LogP contribution in [0.1, 0.15) is 64.7 Å². The Balaban J connectivity index is 2.16. The van der Waals surface area contributed by atoms with E-state index in [0.29, 0.717) is 6.54 Å². The van der Waals surface area contributed by atoms with Crippen molar-refractivity contribution in [1.82, 2.24) is 0 Å². The summed E-state index contributed by atoms with van der Waals surface area (Å²) < 4.78 is 1.96. The van der Waals surface area contributed by atoms with Crippen LogP contribution in [0.15, 0.2) is 30.6 Å². The number of carbonyl (C=O) groups is 1. The first-order valence-electron chi connectivity index (χ1n) is 8.41. The van der Waals surface area contributed by atoms with Crippen LogP contribution in [0.3, 0.4) is 0 Å². The summed E-state index contributed by atoms with van der Waals surface area (Å²) in [6.45, 7) is 2.81. The molecule has 1 atom stereocenters. The second-order valence-electron chi connectivity index (χ2n) is 5.87. The van der Waals surface area contributed by atoms with Crippen LogP contribution in [-0.4, -0.2) is 11.1 Å². The molecular weight excluding hydrogens is 262 g/mol. The summed E-state index contributed by atoms with van der Waals surface area (Å²) in [6.07, 6.45) is 14.7. The Kier molecular flexibility index (Phi) is 9.51. The number of aliphatic carboxylic acids is 1. The van der Waals surface area contributed by atoms with Crippen LogP contribution in [0.25, 0.3) is 0 Å². The Morgan fingerprint density at radius 2 is 1.52 bits per heavy atom. The average Bonchev–Trinajstić information content (AvgIpc) is 2.49. The maximum absolute atomic E-state index is 11.3. The van der Waals surface area contributed by atoms with Gasteiger partial charge < -0.3 is 5.11 Å². The molecule has 0 aliphatic rings. The molecule has 0 spiro atoms. The molecule has 1 aromatic rings. The number of rotatable bonds is 12. The zero-order valence-electron chi connectivity index (χ0n) is 13.3. The molecule has 0 fully saturated rings. The van der Waals surface area contributed by atoms with E-state index < -0.39 is 5.97 Å². The first-order valence-corrected chi connectivity index (χ1v) is 8.41. The third-order valence-corrected chi connectivity index (χ3v) is 3.96. The van der Waals surface area contributed by atoms with Gasteiger partial charge in [-0.3, -0.25) is 4.79 Å². The number of carboxylic acid groups (broad SMARTS) is 1. The van der Waals surface area contributed by atoms with E-state index >= 15 is 0 Å². The van der Waals surface area contributed by atoms with Gasteiger partial charge in [0.05, 0.1) is 0 Å². The number of hydrogen-bond acceptors (Lipinski definition) is 1. The van der Waals surface area contributed by atoms with Crippen molar-refractivity contribution in [2.75, 3.05) is 0 Å². The fourth-order valence-electron chi connectivity index (χ4n) is 2.63. The maximum Gasteiger partial charge on any atom is 0.312 e. The molecule has 1 unspecified atom stereocenters. The van der Waals surface area contributed by atoms with E-state index in [4.69, 9.17) is 0 Å². The van der Waals surface area contributed by atoms with Crippen LogP contribution in [0.2, 0.25) is 0 Å². The molecule has 118 valence electrons. The summed E-state index contributed by atoms with van der Waals surface area (Å²) in [5, 5.41) is 9.32. The first kappa shape index (κ1) is 17.7.